The molecule has 1 aromatic heterocycles. The van der Waals surface area contributed by atoms with Crippen LogP contribution in [0.1, 0.15) is 22.3 Å². The lowest BCUT2D eigenvalue weighted by molar-refractivity contribution is 0.0697. The summed E-state index contributed by atoms with van der Waals surface area (Å²) in [6, 6.07) is 8.02. The van der Waals surface area contributed by atoms with Crippen molar-refractivity contribution in [2.75, 3.05) is 0 Å². The van der Waals surface area contributed by atoms with E-state index < -0.39 is 12.4 Å². The Morgan fingerprint density at radius 2 is 1.89 bits per heavy atom. The lowest BCUT2D eigenvalue weighted by Gasteiger charge is -2.09. The number of hydrogen-bond donors (Lipinski definition) is 1. The van der Waals surface area contributed by atoms with Gasteiger partial charge in [-0.1, -0.05) is 0 Å². The first-order valence-corrected chi connectivity index (χ1v) is 5.32. The second kappa shape index (κ2) is 5.43. The van der Waals surface area contributed by atoms with E-state index in [9.17, 15) is 13.6 Å². The molecular weight excluding hydrogens is 256 g/mol. The molecule has 0 amide bonds. The van der Waals surface area contributed by atoms with Crippen LogP contribution in [0.4, 0.5) is 8.78 Å². The van der Waals surface area contributed by atoms with E-state index in [0.29, 0.717) is 0 Å². The highest BCUT2D eigenvalue weighted by Crippen LogP contribution is 2.30. The molecular formula is C13H9F2NO3. The predicted octanol–water partition coefficient (Wildman–Crippen LogP) is 3.51. The summed E-state index contributed by atoms with van der Waals surface area (Å²) in [6.07, 6.45) is -1.35. The number of carboxylic acid groups (broad SMARTS) is 1. The van der Waals surface area contributed by atoms with Crippen molar-refractivity contribution in [3.05, 3.63) is 53.7 Å². The summed E-state index contributed by atoms with van der Waals surface area (Å²) in [6.45, 7) is 0. The number of aromatic carboxylic acids is 1. The number of carbonyl (C=O) groups is 1. The number of benzene rings is 1. The third-order valence-electron chi connectivity index (χ3n) is 2.35. The largest absolute Gasteiger partial charge is 0.478 e. The van der Waals surface area contributed by atoms with Gasteiger partial charge in [0.1, 0.15) is 5.75 Å². The van der Waals surface area contributed by atoms with E-state index in [-0.39, 0.29) is 22.8 Å². The van der Waals surface area contributed by atoms with Crippen molar-refractivity contribution in [1.82, 2.24) is 4.98 Å². The maximum Gasteiger partial charge on any atom is 0.335 e. The molecule has 1 N–H and O–H groups in total. The van der Waals surface area contributed by atoms with Crippen LogP contribution in [0.2, 0.25) is 0 Å². The maximum atomic E-state index is 12.7. The number of nitrogens with zero attached hydrogens (tertiary/aromatic N) is 1. The molecule has 98 valence electrons. The van der Waals surface area contributed by atoms with E-state index in [1.54, 1.807) is 0 Å². The molecule has 0 aliphatic heterocycles. The van der Waals surface area contributed by atoms with Gasteiger partial charge in [-0.25, -0.2) is 18.6 Å². The van der Waals surface area contributed by atoms with Gasteiger partial charge in [-0.2, -0.15) is 0 Å². The summed E-state index contributed by atoms with van der Waals surface area (Å²) in [5.41, 5.74) is -0.229. The number of halogens is 2. The van der Waals surface area contributed by atoms with Crippen molar-refractivity contribution in [3.63, 3.8) is 0 Å². The highest BCUT2D eigenvalue weighted by molar-refractivity contribution is 5.87. The lowest BCUT2D eigenvalue weighted by atomic mass is 10.2. The fourth-order valence-electron chi connectivity index (χ4n) is 1.43. The van der Waals surface area contributed by atoms with Crippen LogP contribution in [-0.2, 0) is 0 Å². The monoisotopic (exact) mass is 265 g/mol. The zero-order valence-corrected chi connectivity index (χ0v) is 9.59. The molecule has 0 radical (unpaired) electrons. The summed E-state index contributed by atoms with van der Waals surface area (Å²) in [7, 11) is 0. The van der Waals surface area contributed by atoms with Crippen molar-refractivity contribution < 1.29 is 23.4 Å². The minimum Gasteiger partial charge on any atom is -0.478 e. The zero-order valence-electron chi connectivity index (χ0n) is 9.59. The second-order valence-electron chi connectivity index (χ2n) is 3.63. The van der Waals surface area contributed by atoms with Crippen molar-refractivity contribution >= 4 is 5.97 Å². The van der Waals surface area contributed by atoms with Gasteiger partial charge in [-0.15, -0.1) is 0 Å². The van der Waals surface area contributed by atoms with Crippen molar-refractivity contribution in [3.8, 4) is 11.6 Å². The molecule has 6 heteroatoms. The Labute approximate surface area is 107 Å². The molecule has 0 bridgehead atoms. The summed E-state index contributed by atoms with van der Waals surface area (Å²) < 4.78 is 30.6. The van der Waals surface area contributed by atoms with Gasteiger partial charge in [-0.05, 0) is 36.4 Å². The number of pyridine rings is 1. The molecule has 0 unspecified atom stereocenters. The Bertz CT molecular complexity index is 585. The fourth-order valence-corrected chi connectivity index (χ4v) is 1.43. The zero-order chi connectivity index (χ0) is 13.8. The Kier molecular flexibility index (Phi) is 3.70. The van der Waals surface area contributed by atoms with Crippen LogP contribution in [0.5, 0.6) is 11.6 Å². The molecule has 0 atom stereocenters. The van der Waals surface area contributed by atoms with Crippen molar-refractivity contribution in [1.29, 1.82) is 0 Å². The third-order valence-corrected chi connectivity index (χ3v) is 2.35. The molecule has 0 spiro atoms. The number of hydrogen-bond acceptors (Lipinski definition) is 3. The summed E-state index contributed by atoms with van der Waals surface area (Å²) in [4.78, 5) is 14.4. The average molecular weight is 265 g/mol. The molecule has 0 aliphatic carbocycles. The highest BCUT2D eigenvalue weighted by atomic mass is 19.3. The quantitative estimate of drug-likeness (QED) is 0.918. The Balaban J connectivity index is 2.24. The van der Waals surface area contributed by atoms with Gasteiger partial charge in [0.05, 0.1) is 11.1 Å². The molecule has 0 saturated heterocycles. The normalized spacial score (nSPS) is 10.5. The van der Waals surface area contributed by atoms with Gasteiger partial charge in [0.15, 0.2) is 0 Å². The SMILES string of the molecule is O=C(O)c1ccc(Oc2ncccc2C(F)F)cc1. The number of alkyl halides is 2. The first-order chi connectivity index (χ1) is 9.08. The standard InChI is InChI=1S/C13H9F2NO3/c14-11(15)10-2-1-7-16-12(10)19-9-5-3-8(4-6-9)13(17)18/h1-7,11H,(H,17,18). The molecule has 4 nitrogen and oxygen atoms in total. The molecule has 0 saturated carbocycles. The van der Waals surface area contributed by atoms with Gasteiger partial charge in [0.25, 0.3) is 6.43 Å². The van der Waals surface area contributed by atoms with E-state index >= 15 is 0 Å². The number of ether oxygens (including phenoxy) is 1. The smallest absolute Gasteiger partial charge is 0.335 e. The van der Waals surface area contributed by atoms with Crippen LogP contribution in [0, 0.1) is 0 Å². The average Bonchev–Trinajstić information content (AvgIpc) is 2.39. The molecule has 2 aromatic rings. The Morgan fingerprint density at radius 3 is 2.47 bits per heavy atom. The highest BCUT2D eigenvalue weighted by Gasteiger charge is 2.15. The van der Waals surface area contributed by atoms with E-state index in [1.165, 1.54) is 42.6 Å². The number of carboxylic acids is 1. The molecule has 0 fully saturated rings. The molecule has 19 heavy (non-hydrogen) atoms. The van der Waals surface area contributed by atoms with Crippen LogP contribution < -0.4 is 4.74 Å². The van der Waals surface area contributed by atoms with Crippen molar-refractivity contribution in [2.45, 2.75) is 6.43 Å². The van der Waals surface area contributed by atoms with Crippen LogP contribution in [0.3, 0.4) is 0 Å². The first-order valence-electron chi connectivity index (χ1n) is 5.32. The topological polar surface area (TPSA) is 59.4 Å². The second-order valence-corrected chi connectivity index (χ2v) is 3.63. The summed E-state index contributed by atoms with van der Waals surface area (Å²) in [5.74, 6) is -1.02. The van der Waals surface area contributed by atoms with Gasteiger partial charge in [0, 0.05) is 6.20 Å². The van der Waals surface area contributed by atoms with E-state index in [2.05, 4.69) is 4.98 Å². The number of aromatic nitrogens is 1. The minimum atomic E-state index is -2.69. The van der Waals surface area contributed by atoms with Gasteiger partial charge < -0.3 is 9.84 Å². The molecule has 0 aliphatic rings. The molecule has 1 heterocycles. The minimum absolute atomic E-state index is 0.0856. The fraction of sp³-hybridized carbons (Fsp3) is 0.0769. The van der Waals surface area contributed by atoms with Crippen LogP contribution in [0.25, 0.3) is 0 Å². The lowest BCUT2D eigenvalue weighted by Crippen LogP contribution is -1.97. The summed E-state index contributed by atoms with van der Waals surface area (Å²) in [5, 5.41) is 8.73. The first kappa shape index (κ1) is 12.9. The van der Waals surface area contributed by atoms with E-state index in [0.717, 1.165) is 0 Å². The van der Waals surface area contributed by atoms with Crippen molar-refractivity contribution in [2.24, 2.45) is 0 Å². The van der Waals surface area contributed by atoms with Gasteiger partial charge in [0.2, 0.25) is 5.88 Å². The van der Waals surface area contributed by atoms with E-state index in [4.69, 9.17) is 9.84 Å². The van der Waals surface area contributed by atoms with Crippen LogP contribution in [0.15, 0.2) is 42.6 Å². The predicted molar refractivity (Wildman–Crippen MR) is 62.7 cm³/mol. The van der Waals surface area contributed by atoms with Gasteiger partial charge in [-0.3, -0.25) is 0 Å². The molecule has 2 rings (SSSR count). The maximum absolute atomic E-state index is 12.7. The molecule has 1 aromatic carbocycles. The summed E-state index contributed by atoms with van der Waals surface area (Å²) >= 11 is 0. The van der Waals surface area contributed by atoms with Gasteiger partial charge >= 0.3 is 5.97 Å². The van der Waals surface area contributed by atoms with E-state index in [1.807, 2.05) is 0 Å². The third kappa shape index (κ3) is 3.04. The van der Waals surface area contributed by atoms with Crippen LogP contribution >= 0.6 is 0 Å². The Hall–Kier alpha value is -2.50. The van der Waals surface area contributed by atoms with Crippen LogP contribution in [-0.4, -0.2) is 16.1 Å². The number of rotatable bonds is 4. The Morgan fingerprint density at radius 1 is 1.21 bits per heavy atom.